The highest BCUT2D eigenvalue weighted by Crippen LogP contribution is 2.10. The molecule has 2 nitrogen and oxygen atoms in total. The van der Waals surface area contributed by atoms with Crippen LogP contribution in [0.1, 0.15) is 91.4 Å². The average Bonchev–Trinajstić information content (AvgIpc) is 2.43. The molecular formula is C17H36N2. The Morgan fingerprint density at radius 3 is 1.79 bits per heavy atom. The fourth-order valence-corrected chi connectivity index (χ4v) is 2.27. The molecule has 1 unspecified atom stereocenters. The predicted molar refractivity (Wildman–Crippen MR) is 88.1 cm³/mol. The number of nitrogens with two attached hydrogens (primary N) is 1. The summed E-state index contributed by atoms with van der Waals surface area (Å²) in [6.45, 7) is 7.42. The van der Waals surface area contributed by atoms with Gasteiger partial charge >= 0.3 is 0 Å². The highest BCUT2D eigenvalue weighted by molar-refractivity contribution is 5.86. The smallest absolute Gasteiger partial charge is 0.0420 e. The van der Waals surface area contributed by atoms with Crippen molar-refractivity contribution in [3.63, 3.8) is 0 Å². The predicted octanol–water partition coefficient (Wildman–Crippen LogP) is 5.11. The topological polar surface area (TPSA) is 38.4 Å². The first kappa shape index (κ1) is 18.6. The summed E-state index contributed by atoms with van der Waals surface area (Å²) >= 11 is 0. The maximum Gasteiger partial charge on any atom is 0.0420 e. The zero-order valence-electron chi connectivity index (χ0n) is 13.6. The summed E-state index contributed by atoms with van der Waals surface area (Å²) in [7, 11) is 0. The lowest BCUT2D eigenvalue weighted by Crippen LogP contribution is -2.27. The SMILES string of the molecule is CCCCCCCCCCCCN=C(C)C(N)CC. The molecule has 0 aromatic rings. The van der Waals surface area contributed by atoms with Crippen LogP contribution in [-0.2, 0) is 0 Å². The van der Waals surface area contributed by atoms with Gasteiger partial charge in [0.05, 0.1) is 0 Å². The Morgan fingerprint density at radius 1 is 0.842 bits per heavy atom. The van der Waals surface area contributed by atoms with Gasteiger partial charge in [-0.15, -0.1) is 0 Å². The number of hydrogen-bond acceptors (Lipinski definition) is 2. The van der Waals surface area contributed by atoms with E-state index in [1.54, 1.807) is 0 Å². The Labute approximate surface area is 121 Å². The lowest BCUT2D eigenvalue weighted by Gasteiger charge is -2.07. The maximum atomic E-state index is 5.92. The second kappa shape index (κ2) is 14.0. The number of nitrogens with zero attached hydrogens (tertiary/aromatic N) is 1. The Kier molecular flexibility index (Phi) is 13.8. The van der Waals surface area contributed by atoms with Crippen LogP contribution in [0.3, 0.4) is 0 Å². The molecule has 0 radical (unpaired) electrons. The van der Waals surface area contributed by atoms with E-state index < -0.39 is 0 Å². The minimum Gasteiger partial charge on any atom is -0.323 e. The van der Waals surface area contributed by atoms with Crippen LogP contribution < -0.4 is 5.73 Å². The van der Waals surface area contributed by atoms with Crippen molar-refractivity contribution in [1.82, 2.24) is 0 Å². The molecule has 0 fully saturated rings. The zero-order valence-corrected chi connectivity index (χ0v) is 13.6. The van der Waals surface area contributed by atoms with E-state index in [0.717, 1.165) is 18.7 Å². The van der Waals surface area contributed by atoms with Gasteiger partial charge in [0.25, 0.3) is 0 Å². The number of aliphatic imine (C=N–C) groups is 1. The molecule has 0 aliphatic heterocycles. The van der Waals surface area contributed by atoms with Crippen LogP contribution in [0.5, 0.6) is 0 Å². The van der Waals surface area contributed by atoms with Crippen molar-refractivity contribution in [2.75, 3.05) is 6.54 Å². The lowest BCUT2D eigenvalue weighted by molar-refractivity contribution is 0.558. The summed E-state index contributed by atoms with van der Waals surface area (Å²) in [6.07, 6.45) is 14.8. The Hall–Kier alpha value is -0.370. The van der Waals surface area contributed by atoms with E-state index in [2.05, 4.69) is 25.8 Å². The summed E-state index contributed by atoms with van der Waals surface area (Å²) in [5.74, 6) is 0. The molecule has 0 spiro atoms. The van der Waals surface area contributed by atoms with Crippen molar-refractivity contribution >= 4 is 5.71 Å². The molecule has 0 saturated heterocycles. The summed E-state index contributed by atoms with van der Waals surface area (Å²) in [5.41, 5.74) is 7.04. The first-order valence-corrected chi connectivity index (χ1v) is 8.48. The first-order chi connectivity index (χ1) is 9.22. The third kappa shape index (κ3) is 12.4. The number of rotatable bonds is 13. The van der Waals surface area contributed by atoms with Gasteiger partial charge < -0.3 is 5.73 Å². The van der Waals surface area contributed by atoms with Gasteiger partial charge in [-0.2, -0.15) is 0 Å². The third-order valence-corrected chi connectivity index (χ3v) is 3.85. The fraction of sp³-hybridized carbons (Fsp3) is 0.941. The Morgan fingerprint density at radius 2 is 1.32 bits per heavy atom. The normalized spacial score (nSPS) is 13.8. The molecule has 0 rings (SSSR count). The van der Waals surface area contributed by atoms with Crippen molar-refractivity contribution in [2.45, 2.75) is 97.4 Å². The Bertz CT molecular complexity index is 211. The Balaban J connectivity index is 3.23. The standard InChI is InChI=1S/C17H36N2/c1-4-6-7-8-9-10-11-12-13-14-15-19-16(3)17(18)5-2/h17H,4-15,18H2,1-3H3. The molecule has 19 heavy (non-hydrogen) atoms. The van der Waals surface area contributed by atoms with Gasteiger partial charge in [0.1, 0.15) is 0 Å². The minimum absolute atomic E-state index is 0.170. The molecule has 2 N–H and O–H groups in total. The molecule has 0 heterocycles. The van der Waals surface area contributed by atoms with E-state index in [4.69, 9.17) is 5.73 Å². The third-order valence-electron chi connectivity index (χ3n) is 3.85. The van der Waals surface area contributed by atoms with E-state index in [1.165, 1.54) is 64.2 Å². The van der Waals surface area contributed by atoms with E-state index >= 15 is 0 Å². The molecule has 0 aliphatic rings. The fourth-order valence-electron chi connectivity index (χ4n) is 2.27. The first-order valence-electron chi connectivity index (χ1n) is 8.48. The van der Waals surface area contributed by atoms with Crippen LogP contribution in [0.4, 0.5) is 0 Å². The van der Waals surface area contributed by atoms with Crippen molar-refractivity contribution in [1.29, 1.82) is 0 Å². The van der Waals surface area contributed by atoms with Crippen LogP contribution in [-0.4, -0.2) is 18.3 Å². The van der Waals surface area contributed by atoms with Crippen molar-refractivity contribution < 1.29 is 0 Å². The second-order valence-electron chi connectivity index (χ2n) is 5.72. The summed E-state index contributed by atoms with van der Waals surface area (Å²) in [5, 5.41) is 0. The molecule has 2 heteroatoms. The van der Waals surface area contributed by atoms with Crippen molar-refractivity contribution in [3.8, 4) is 0 Å². The summed E-state index contributed by atoms with van der Waals surface area (Å²) in [4.78, 5) is 4.55. The molecule has 114 valence electrons. The zero-order chi connectivity index (χ0) is 14.3. The van der Waals surface area contributed by atoms with Gasteiger partial charge in [0.2, 0.25) is 0 Å². The molecule has 0 aromatic heterocycles. The van der Waals surface area contributed by atoms with Gasteiger partial charge in [-0.1, -0.05) is 71.6 Å². The molecule has 0 aromatic carbocycles. The van der Waals surface area contributed by atoms with Crippen LogP contribution in [0.25, 0.3) is 0 Å². The summed E-state index contributed by atoms with van der Waals surface area (Å²) in [6, 6.07) is 0.170. The van der Waals surface area contributed by atoms with E-state index in [9.17, 15) is 0 Å². The monoisotopic (exact) mass is 268 g/mol. The van der Waals surface area contributed by atoms with Crippen LogP contribution in [0.2, 0.25) is 0 Å². The quantitative estimate of drug-likeness (QED) is 0.366. The van der Waals surface area contributed by atoms with Crippen LogP contribution in [0.15, 0.2) is 4.99 Å². The number of unbranched alkanes of at least 4 members (excludes halogenated alkanes) is 9. The van der Waals surface area contributed by atoms with E-state index in [0.29, 0.717) is 0 Å². The molecule has 1 atom stereocenters. The van der Waals surface area contributed by atoms with Gasteiger partial charge in [0.15, 0.2) is 0 Å². The minimum atomic E-state index is 0.170. The highest BCUT2D eigenvalue weighted by atomic mass is 14.8. The largest absolute Gasteiger partial charge is 0.323 e. The average molecular weight is 268 g/mol. The van der Waals surface area contributed by atoms with Crippen molar-refractivity contribution in [3.05, 3.63) is 0 Å². The van der Waals surface area contributed by atoms with E-state index in [-0.39, 0.29) is 6.04 Å². The summed E-state index contributed by atoms with van der Waals surface area (Å²) < 4.78 is 0. The molecule has 0 saturated carbocycles. The molecule has 0 aliphatic carbocycles. The number of hydrogen-bond donors (Lipinski definition) is 1. The van der Waals surface area contributed by atoms with E-state index in [1.807, 2.05) is 0 Å². The lowest BCUT2D eigenvalue weighted by atomic mass is 10.1. The van der Waals surface area contributed by atoms with Gasteiger partial charge in [0, 0.05) is 18.3 Å². The van der Waals surface area contributed by atoms with Gasteiger partial charge in [-0.3, -0.25) is 4.99 Å². The van der Waals surface area contributed by atoms with Crippen LogP contribution >= 0.6 is 0 Å². The molecule has 0 bridgehead atoms. The molecule has 0 amide bonds. The maximum absolute atomic E-state index is 5.92. The highest BCUT2D eigenvalue weighted by Gasteiger charge is 2.01. The molecular weight excluding hydrogens is 232 g/mol. The van der Waals surface area contributed by atoms with Crippen LogP contribution in [0, 0.1) is 0 Å². The van der Waals surface area contributed by atoms with Gasteiger partial charge in [-0.05, 0) is 19.8 Å². The van der Waals surface area contributed by atoms with Gasteiger partial charge in [-0.25, -0.2) is 0 Å². The van der Waals surface area contributed by atoms with Crippen molar-refractivity contribution in [2.24, 2.45) is 10.7 Å². The second-order valence-corrected chi connectivity index (χ2v) is 5.72.